The molecule has 5 nitrogen and oxygen atoms in total. The molecule has 3 heterocycles. The third-order valence-corrected chi connectivity index (χ3v) is 11.0. The van der Waals surface area contributed by atoms with Crippen molar-refractivity contribution in [2.24, 2.45) is 0 Å². The number of nitrogens with zero attached hydrogens (tertiary/aromatic N) is 5. The van der Waals surface area contributed by atoms with Gasteiger partial charge >= 0.3 is 0 Å². The van der Waals surface area contributed by atoms with E-state index >= 15 is 0 Å². The van der Waals surface area contributed by atoms with Gasteiger partial charge in [0.25, 0.3) is 0 Å². The molecule has 0 saturated carbocycles. The second-order valence-corrected chi connectivity index (χ2v) is 15.9. The van der Waals surface area contributed by atoms with Crippen molar-refractivity contribution in [2.45, 2.75) is 232 Å². The molecule has 294 valence electrons. The van der Waals surface area contributed by atoms with Crippen LogP contribution in [0.15, 0.2) is 42.7 Å². The standard InChI is InChI=1S/C47H81N5/c1-3-5-7-9-11-13-15-17-19-21-23-25-27-29-31-33-40-51-42-38-46(49-51)44-36-35-37-45(48-44)47-39-43-52(50-47)41-34-32-30-28-26-24-22-20-18-16-14-12-10-8-6-4-2/h35-39,42-43H,3-34,40-41H2,1-2H3. The van der Waals surface area contributed by atoms with E-state index in [2.05, 4.69) is 65.9 Å². The predicted molar refractivity (Wildman–Crippen MR) is 226 cm³/mol. The van der Waals surface area contributed by atoms with Gasteiger partial charge in [0.1, 0.15) is 11.4 Å². The van der Waals surface area contributed by atoms with E-state index in [0.29, 0.717) is 0 Å². The number of aromatic nitrogens is 5. The smallest absolute Gasteiger partial charge is 0.111 e. The molecule has 0 fully saturated rings. The Bertz CT molecular complexity index is 1120. The van der Waals surface area contributed by atoms with E-state index < -0.39 is 0 Å². The molecule has 3 aromatic heterocycles. The number of hydrogen-bond acceptors (Lipinski definition) is 3. The van der Waals surface area contributed by atoms with Crippen molar-refractivity contribution >= 4 is 0 Å². The molecular weight excluding hydrogens is 635 g/mol. The van der Waals surface area contributed by atoms with E-state index in [9.17, 15) is 0 Å². The van der Waals surface area contributed by atoms with Gasteiger partial charge in [-0.25, -0.2) is 4.98 Å². The molecule has 3 aromatic rings. The lowest BCUT2D eigenvalue weighted by molar-refractivity contribution is 0.509. The first-order valence-electron chi connectivity index (χ1n) is 22.8. The van der Waals surface area contributed by atoms with Crippen LogP contribution in [0, 0.1) is 0 Å². The number of aryl methyl sites for hydroxylation is 2. The van der Waals surface area contributed by atoms with Crippen LogP contribution in [0.5, 0.6) is 0 Å². The summed E-state index contributed by atoms with van der Waals surface area (Å²) < 4.78 is 4.19. The Balaban J connectivity index is 1.18. The zero-order valence-corrected chi connectivity index (χ0v) is 34.3. The molecule has 0 aliphatic heterocycles. The minimum Gasteiger partial charge on any atom is -0.272 e. The molecule has 0 bridgehead atoms. The molecule has 0 atom stereocenters. The second-order valence-electron chi connectivity index (χ2n) is 15.9. The Hall–Kier alpha value is -2.43. The number of pyridine rings is 1. The van der Waals surface area contributed by atoms with Gasteiger partial charge in [0.15, 0.2) is 0 Å². The van der Waals surface area contributed by atoms with Crippen LogP contribution in [0.25, 0.3) is 22.8 Å². The zero-order valence-electron chi connectivity index (χ0n) is 34.3. The monoisotopic (exact) mass is 716 g/mol. The molecule has 5 heteroatoms. The molecule has 3 rings (SSSR count). The van der Waals surface area contributed by atoms with E-state index in [4.69, 9.17) is 15.2 Å². The van der Waals surface area contributed by atoms with Crippen molar-refractivity contribution in [1.29, 1.82) is 0 Å². The first-order chi connectivity index (χ1) is 25.8. The lowest BCUT2D eigenvalue weighted by Gasteiger charge is -2.04. The fourth-order valence-electron chi connectivity index (χ4n) is 7.61. The van der Waals surface area contributed by atoms with E-state index in [-0.39, 0.29) is 0 Å². The van der Waals surface area contributed by atoms with Gasteiger partial charge in [-0.15, -0.1) is 0 Å². The Morgan fingerprint density at radius 2 is 0.596 bits per heavy atom. The highest BCUT2D eigenvalue weighted by atomic mass is 15.3. The minimum absolute atomic E-state index is 0.926. The fraction of sp³-hybridized carbons (Fsp3) is 0.766. The number of rotatable bonds is 36. The van der Waals surface area contributed by atoms with E-state index in [1.165, 1.54) is 205 Å². The van der Waals surface area contributed by atoms with E-state index in [1.54, 1.807) is 0 Å². The molecule has 0 aliphatic rings. The summed E-state index contributed by atoms with van der Waals surface area (Å²) >= 11 is 0. The quantitative estimate of drug-likeness (QED) is 0.0563. The summed E-state index contributed by atoms with van der Waals surface area (Å²) in [6, 6.07) is 10.4. The van der Waals surface area contributed by atoms with Gasteiger partial charge in [-0.2, -0.15) is 10.2 Å². The van der Waals surface area contributed by atoms with Crippen molar-refractivity contribution in [2.75, 3.05) is 0 Å². The summed E-state index contributed by atoms with van der Waals surface area (Å²) in [5.41, 5.74) is 3.75. The fourth-order valence-corrected chi connectivity index (χ4v) is 7.61. The van der Waals surface area contributed by atoms with Gasteiger partial charge < -0.3 is 0 Å². The lowest BCUT2D eigenvalue weighted by Crippen LogP contribution is -2.00. The highest BCUT2D eigenvalue weighted by Crippen LogP contribution is 2.21. The van der Waals surface area contributed by atoms with Gasteiger partial charge in [0.2, 0.25) is 0 Å². The summed E-state index contributed by atoms with van der Waals surface area (Å²) in [5.74, 6) is 0. The first-order valence-corrected chi connectivity index (χ1v) is 22.8. The summed E-state index contributed by atoms with van der Waals surface area (Å²) in [6.07, 6.45) is 49.0. The molecule has 52 heavy (non-hydrogen) atoms. The van der Waals surface area contributed by atoms with Crippen molar-refractivity contribution in [3.05, 3.63) is 42.7 Å². The predicted octanol–water partition coefficient (Wildman–Crippen LogP) is 15.3. The normalized spacial score (nSPS) is 11.6. The topological polar surface area (TPSA) is 48.5 Å². The Morgan fingerprint density at radius 3 is 0.885 bits per heavy atom. The van der Waals surface area contributed by atoms with Crippen molar-refractivity contribution in [3.63, 3.8) is 0 Å². The van der Waals surface area contributed by atoms with Gasteiger partial charge in [-0.3, -0.25) is 9.36 Å². The Morgan fingerprint density at radius 1 is 0.327 bits per heavy atom. The maximum absolute atomic E-state index is 4.95. The SMILES string of the molecule is CCCCCCCCCCCCCCCCCCn1ccc(-c2cccc(-c3ccn(CCCCCCCCCCCCCCCCCC)n3)n2)n1. The van der Waals surface area contributed by atoms with Crippen LogP contribution >= 0.6 is 0 Å². The van der Waals surface area contributed by atoms with Crippen LogP contribution in [0.2, 0.25) is 0 Å². The van der Waals surface area contributed by atoms with Crippen molar-refractivity contribution in [3.8, 4) is 22.8 Å². The molecule has 0 radical (unpaired) electrons. The molecular formula is C47H81N5. The molecule has 0 unspecified atom stereocenters. The summed E-state index contributed by atoms with van der Waals surface area (Å²) in [4.78, 5) is 4.95. The third kappa shape index (κ3) is 21.3. The summed E-state index contributed by atoms with van der Waals surface area (Å²) in [7, 11) is 0. The largest absolute Gasteiger partial charge is 0.272 e. The summed E-state index contributed by atoms with van der Waals surface area (Å²) in [6.45, 7) is 6.57. The number of unbranched alkanes of at least 4 members (excludes halogenated alkanes) is 30. The lowest BCUT2D eigenvalue weighted by atomic mass is 10.0. The average Bonchev–Trinajstić information content (AvgIpc) is 3.85. The van der Waals surface area contributed by atoms with Gasteiger partial charge in [0, 0.05) is 25.5 Å². The third-order valence-electron chi connectivity index (χ3n) is 11.0. The highest BCUT2D eigenvalue weighted by molar-refractivity contribution is 5.61. The minimum atomic E-state index is 0.926. The Labute approximate surface area is 321 Å². The van der Waals surface area contributed by atoms with Gasteiger partial charge in [0.05, 0.1) is 11.4 Å². The van der Waals surface area contributed by atoms with Crippen LogP contribution < -0.4 is 0 Å². The van der Waals surface area contributed by atoms with Gasteiger partial charge in [-0.1, -0.05) is 213 Å². The van der Waals surface area contributed by atoms with Crippen molar-refractivity contribution < 1.29 is 0 Å². The average molecular weight is 716 g/mol. The highest BCUT2D eigenvalue weighted by Gasteiger charge is 2.09. The van der Waals surface area contributed by atoms with Crippen LogP contribution in [-0.2, 0) is 13.1 Å². The van der Waals surface area contributed by atoms with Crippen LogP contribution in [0.1, 0.15) is 219 Å². The Kier molecular flexibility index (Phi) is 26.2. The molecule has 0 aromatic carbocycles. The first kappa shape index (κ1) is 44.0. The van der Waals surface area contributed by atoms with E-state index in [0.717, 1.165) is 35.9 Å². The molecule has 0 saturated heterocycles. The second kappa shape index (κ2) is 31.0. The zero-order chi connectivity index (χ0) is 36.6. The van der Waals surface area contributed by atoms with E-state index in [1.807, 2.05) is 0 Å². The van der Waals surface area contributed by atoms with Crippen molar-refractivity contribution in [1.82, 2.24) is 24.5 Å². The molecule has 0 N–H and O–H groups in total. The maximum Gasteiger partial charge on any atom is 0.111 e. The van der Waals surface area contributed by atoms with Gasteiger partial charge in [-0.05, 0) is 37.1 Å². The maximum atomic E-state index is 4.95. The molecule has 0 spiro atoms. The number of hydrogen-bond donors (Lipinski definition) is 0. The summed E-state index contributed by atoms with van der Waals surface area (Å²) in [5, 5.41) is 9.73. The van der Waals surface area contributed by atoms with Crippen LogP contribution in [0.4, 0.5) is 0 Å². The van der Waals surface area contributed by atoms with Crippen LogP contribution in [-0.4, -0.2) is 24.5 Å². The van der Waals surface area contributed by atoms with Crippen LogP contribution in [0.3, 0.4) is 0 Å². The molecule has 0 amide bonds. The molecule has 0 aliphatic carbocycles.